The van der Waals surface area contributed by atoms with Gasteiger partial charge >= 0.3 is 0 Å². The molecule has 7 heteroatoms. The van der Waals surface area contributed by atoms with Crippen molar-refractivity contribution in [1.29, 1.82) is 0 Å². The Labute approximate surface area is 145 Å². The minimum absolute atomic E-state index is 0.0226. The second-order valence-corrected chi connectivity index (χ2v) is 6.80. The van der Waals surface area contributed by atoms with Crippen molar-refractivity contribution in [2.75, 3.05) is 13.7 Å². The Morgan fingerprint density at radius 3 is 2.92 bits per heavy atom. The number of fused-ring (bicyclic) bond motifs is 1. The van der Waals surface area contributed by atoms with Crippen LogP contribution in [0.2, 0.25) is 0 Å². The van der Waals surface area contributed by atoms with Crippen molar-refractivity contribution < 1.29 is 14.3 Å². The van der Waals surface area contributed by atoms with Crippen LogP contribution in [0.25, 0.3) is 0 Å². The van der Waals surface area contributed by atoms with Gasteiger partial charge in [0, 0.05) is 50.1 Å². The van der Waals surface area contributed by atoms with Gasteiger partial charge in [0.15, 0.2) is 5.78 Å². The van der Waals surface area contributed by atoms with E-state index in [-0.39, 0.29) is 23.8 Å². The van der Waals surface area contributed by atoms with E-state index in [2.05, 4.69) is 15.0 Å². The van der Waals surface area contributed by atoms with Crippen LogP contribution >= 0.6 is 0 Å². The van der Waals surface area contributed by atoms with E-state index < -0.39 is 0 Å². The highest BCUT2D eigenvalue weighted by molar-refractivity contribution is 6.04. The maximum absolute atomic E-state index is 13.2. The number of aryl methyl sites for hydroxylation is 1. The van der Waals surface area contributed by atoms with Crippen molar-refractivity contribution in [2.45, 2.75) is 44.8 Å². The molecule has 1 aliphatic carbocycles. The van der Waals surface area contributed by atoms with Crippen LogP contribution in [0.3, 0.4) is 0 Å². The van der Waals surface area contributed by atoms with E-state index in [1.165, 1.54) is 0 Å². The first-order valence-corrected chi connectivity index (χ1v) is 8.67. The summed E-state index contributed by atoms with van der Waals surface area (Å²) in [6, 6.07) is -0.150. The van der Waals surface area contributed by atoms with Crippen molar-refractivity contribution in [2.24, 2.45) is 0 Å². The fraction of sp³-hybridized carbons (Fsp3) is 0.500. The molecule has 1 amide bonds. The molecule has 0 bridgehead atoms. The topological polar surface area (TPSA) is 91.1 Å². The molecule has 3 heterocycles. The lowest BCUT2D eigenvalue weighted by molar-refractivity contribution is 0.0678. The molecule has 2 atom stereocenters. The Balaban J connectivity index is 1.69. The van der Waals surface area contributed by atoms with Crippen molar-refractivity contribution in [3.63, 3.8) is 0 Å². The second kappa shape index (κ2) is 6.15. The summed E-state index contributed by atoms with van der Waals surface area (Å²) in [5.74, 6) is 0.798. The van der Waals surface area contributed by atoms with Crippen LogP contribution in [-0.4, -0.2) is 51.3 Å². The maximum Gasteiger partial charge on any atom is 0.271 e. The van der Waals surface area contributed by atoms with Crippen LogP contribution in [0.1, 0.15) is 63.2 Å². The van der Waals surface area contributed by atoms with Gasteiger partial charge in [-0.2, -0.15) is 0 Å². The lowest BCUT2D eigenvalue weighted by Crippen LogP contribution is -2.33. The Kier molecular flexibility index (Phi) is 3.95. The van der Waals surface area contributed by atoms with Crippen molar-refractivity contribution in [3.8, 4) is 0 Å². The van der Waals surface area contributed by atoms with E-state index >= 15 is 0 Å². The fourth-order valence-electron chi connectivity index (χ4n) is 4.04. The maximum atomic E-state index is 13.2. The standard InChI is InChI=1S/C18H22N4O3/c1-10-15-12(4-3-5-14(15)23)21-16(10)18(24)22-9-11(25-2)8-13(22)17-19-6-7-20-17/h6-7,11,13,21H,3-5,8-9H2,1-2H3,(H,19,20). The van der Waals surface area contributed by atoms with Gasteiger partial charge in [-0.05, 0) is 25.3 Å². The van der Waals surface area contributed by atoms with Gasteiger partial charge in [0.2, 0.25) is 0 Å². The zero-order valence-corrected chi connectivity index (χ0v) is 14.5. The summed E-state index contributed by atoms with van der Waals surface area (Å²) < 4.78 is 5.48. The summed E-state index contributed by atoms with van der Waals surface area (Å²) in [6.07, 6.45) is 6.34. The van der Waals surface area contributed by atoms with E-state index in [4.69, 9.17) is 4.74 Å². The molecule has 1 saturated heterocycles. The van der Waals surface area contributed by atoms with Crippen LogP contribution in [0.5, 0.6) is 0 Å². The summed E-state index contributed by atoms with van der Waals surface area (Å²) in [4.78, 5) is 37.9. The predicted molar refractivity (Wildman–Crippen MR) is 90.6 cm³/mol. The summed E-state index contributed by atoms with van der Waals surface area (Å²) in [6.45, 7) is 2.37. The zero-order chi connectivity index (χ0) is 17.6. The predicted octanol–water partition coefficient (Wildman–Crippen LogP) is 2.17. The number of ketones is 1. The molecule has 25 heavy (non-hydrogen) atoms. The summed E-state index contributed by atoms with van der Waals surface area (Å²) >= 11 is 0. The third-order valence-corrected chi connectivity index (χ3v) is 5.34. The van der Waals surface area contributed by atoms with E-state index in [1.807, 2.05) is 6.92 Å². The number of imidazole rings is 1. The van der Waals surface area contributed by atoms with E-state index in [9.17, 15) is 9.59 Å². The van der Waals surface area contributed by atoms with E-state index in [1.54, 1.807) is 24.4 Å². The molecule has 2 aromatic rings. The van der Waals surface area contributed by atoms with E-state index in [0.29, 0.717) is 30.6 Å². The number of hydrogen-bond acceptors (Lipinski definition) is 4. The largest absolute Gasteiger partial charge is 0.380 e. The number of nitrogens with zero attached hydrogens (tertiary/aromatic N) is 2. The molecule has 0 spiro atoms. The van der Waals surface area contributed by atoms with E-state index in [0.717, 1.165) is 29.9 Å². The highest BCUT2D eigenvalue weighted by atomic mass is 16.5. The molecule has 2 aromatic heterocycles. The lowest BCUT2D eigenvalue weighted by atomic mass is 9.93. The molecule has 132 valence electrons. The number of amides is 1. The number of rotatable bonds is 3. The Morgan fingerprint density at radius 1 is 1.40 bits per heavy atom. The smallest absolute Gasteiger partial charge is 0.271 e. The van der Waals surface area contributed by atoms with Crippen molar-refractivity contribution in [1.82, 2.24) is 19.9 Å². The quantitative estimate of drug-likeness (QED) is 0.894. The first-order valence-electron chi connectivity index (χ1n) is 8.67. The average molecular weight is 342 g/mol. The molecule has 2 aliphatic rings. The first-order chi connectivity index (χ1) is 12.1. The van der Waals surface area contributed by atoms with Gasteiger partial charge in [-0.1, -0.05) is 0 Å². The van der Waals surface area contributed by atoms with Gasteiger partial charge in [-0.15, -0.1) is 0 Å². The third kappa shape index (κ3) is 2.59. The van der Waals surface area contributed by atoms with Crippen LogP contribution in [-0.2, 0) is 11.2 Å². The molecule has 1 aliphatic heterocycles. The number of ether oxygens (including phenoxy) is 1. The second-order valence-electron chi connectivity index (χ2n) is 6.80. The van der Waals surface area contributed by atoms with Crippen LogP contribution < -0.4 is 0 Å². The number of carbonyl (C=O) groups is 2. The Bertz CT molecular complexity index is 809. The first kappa shape index (κ1) is 16.1. The molecule has 4 rings (SSSR count). The van der Waals surface area contributed by atoms with Gasteiger partial charge in [0.1, 0.15) is 11.5 Å². The number of methoxy groups -OCH3 is 1. The molecule has 0 saturated carbocycles. The van der Waals surface area contributed by atoms with Gasteiger partial charge < -0.3 is 19.6 Å². The lowest BCUT2D eigenvalue weighted by Gasteiger charge is -2.22. The minimum atomic E-state index is -0.150. The number of nitrogens with one attached hydrogen (secondary N) is 2. The van der Waals surface area contributed by atoms with Crippen LogP contribution in [0.4, 0.5) is 0 Å². The number of Topliss-reactive ketones (excluding diaryl/α,β-unsaturated/α-hetero) is 1. The number of aromatic amines is 2. The number of H-pyrrole nitrogens is 2. The number of likely N-dealkylation sites (tertiary alicyclic amines) is 1. The number of aromatic nitrogens is 3. The normalized spacial score (nSPS) is 23.1. The molecule has 0 aromatic carbocycles. The average Bonchev–Trinajstić information content (AvgIpc) is 3.32. The summed E-state index contributed by atoms with van der Waals surface area (Å²) in [5.41, 5.74) is 2.90. The van der Waals surface area contributed by atoms with Crippen molar-refractivity contribution in [3.05, 3.63) is 40.7 Å². The number of hydrogen-bond donors (Lipinski definition) is 2. The summed E-state index contributed by atoms with van der Waals surface area (Å²) in [5, 5.41) is 0. The van der Waals surface area contributed by atoms with Crippen LogP contribution in [0.15, 0.2) is 12.4 Å². The minimum Gasteiger partial charge on any atom is -0.380 e. The Morgan fingerprint density at radius 2 is 2.24 bits per heavy atom. The highest BCUT2D eigenvalue weighted by Gasteiger charge is 2.39. The molecule has 2 N–H and O–H groups in total. The van der Waals surface area contributed by atoms with Gasteiger partial charge in [0.05, 0.1) is 12.1 Å². The molecule has 0 radical (unpaired) electrons. The van der Waals surface area contributed by atoms with Crippen molar-refractivity contribution >= 4 is 11.7 Å². The molecule has 1 fully saturated rings. The van der Waals surface area contributed by atoms with Gasteiger partial charge in [-0.3, -0.25) is 9.59 Å². The molecular weight excluding hydrogens is 320 g/mol. The van der Waals surface area contributed by atoms with Crippen LogP contribution in [0, 0.1) is 6.92 Å². The SMILES string of the molecule is COC1CC(c2ncc[nH]2)N(C(=O)c2[nH]c3c(c2C)C(=O)CCC3)C1. The monoisotopic (exact) mass is 342 g/mol. The zero-order valence-electron chi connectivity index (χ0n) is 14.5. The highest BCUT2D eigenvalue weighted by Crippen LogP contribution is 2.34. The third-order valence-electron chi connectivity index (χ3n) is 5.34. The van der Waals surface area contributed by atoms with Gasteiger partial charge in [-0.25, -0.2) is 4.98 Å². The fourth-order valence-corrected chi connectivity index (χ4v) is 4.04. The van der Waals surface area contributed by atoms with Gasteiger partial charge in [0.25, 0.3) is 5.91 Å². The molecule has 7 nitrogen and oxygen atoms in total. The summed E-state index contributed by atoms with van der Waals surface area (Å²) in [7, 11) is 1.66. The Hall–Kier alpha value is -2.41. The number of carbonyl (C=O) groups excluding carboxylic acids is 2. The molecular formula is C18H22N4O3. The molecule has 2 unspecified atom stereocenters.